The summed E-state index contributed by atoms with van der Waals surface area (Å²) in [6, 6.07) is 15.4. The molecule has 1 atom stereocenters. The van der Waals surface area contributed by atoms with E-state index < -0.39 is 0 Å². The highest BCUT2D eigenvalue weighted by atomic mass is 16.5. The number of carbonyl (C=O) groups is 1. The molecule has 4 rings (SSSR count). The third-order valence-corrected chi connectivity index (χ3v) is 5.06. The van der Waals surface area contributed by atoms with Crippen molar-refractivity contribution in [1.82, 2.24) is 19.4 Å². The van der Waals surface area contributed by atoms with Gasteiger partial charge in [-0.05, 0) is 37.1 Å². The standard InChI is InChI=1S/C22H24N4O2/c1-2-20-23-13-15-26(20)21-12-6-10-18(24-21)19-11-7-14-25(19)22(27)16-28-17-8-4-3-5-9-17/h3-6,8-10,12-13,15,19H,2,7,11,14,16H2,1H3. The number of benzene rings is 1. The highest BCUT2D eigenvalue weighted by molar-refractivity contribution is 5.78. The van der Waals surface area contributed by atoms with Crippen LogP contribution in [0.5, 0.6) is 5.75 Å². The summed E-state index contributed by atoms with van der Waals surface area (Å²) in [6.07, 6.45) is 6.44. The normalized spacial score (nSPS) is 16.3. The van der Waals surface area contributed by atoms with E-state index in [1.165, 1.54) is 0 Å². The minimum absolute atomic E-state index is 0.00423. The molecule has 144 valence electrons. The average molecular weight is 376 g/mol. The van der Waals surface area contributed by atoms with E-state index in [1.54, 1.807) is 6.20 Å². The van der Waals surface area contributed by atoms with E-state index in [9.17, 15) is 4.79 Å². The van der Waals surface area contributed by atoms with Gasteiger partial charge in [0.25, 0.3) is 5.91 Å². The Hall–Kier alpha value is -3.15. The Balaban J connectivity index is 1.50. The van der Waals surface area contributed by atoms with Gasteiger partial charge in [-0.1, -0.05) is 31.2 Å². The molecule has 0 N–H and O–H groups in total. The molecule has 0 radical (unpaired) electrons. The number of amides is 1. The summed E-state index contributed by atoms with van der Waals surface area (Å²) in [5, 5.41) is 0. The molecule has 0 spiro atoms. The molecule has 0 saturated carbocycles. The van der Waals surface area contributed by atoms with Crippen molar-refractivity contribution in [2.75, 3.05) is 13.2 Å². The molecule has 0 bridgehead atoms. The fourth-order valence-electron chi connectivity index (χ4n) is 3.68. The Morgan fingerprint density at radius 3 is 2.86 bits per heavy atom. The summed E-state index contributed by atoms with van der Waals surface area (Å²) in [5.74, 6) is 2.52. The Bertz CT molecular complexity index is 938. The van der Waals surface area contributed by atoms with Crippen LogP contribution >= 0.6 is 0 Å². The average Bonchev–Trinajstić information content (AvgIpc) is 3.42. The molecule has 2 aromatic heterocycles. The highest BCUT2D eigenvalue weighted by Crippen LogP contribution is 2.31. The number of hydrogen-bond donors (Lipinski definition) is 0. The Kier molecular flexibility index (Phi) is 5.37. The van der Waals surface area contributed by atoms with Crippen molar-refractivity contribution in [1.29, 1.82) is 0 Å². The van der Waals surface area contributed by atoms with E-state index in [1.807, 2.05) is 64.2 Å². The number of aryl methyl sites for hydroxylation is 1. The minimum atomic E-state index is -0.0135. The predicted molar refractivity (Wildman–Crippen MR) is 106 cm³/mol. The van der Waals surface area contributed by atoms with Crippen molar-refractivity contribution in [2.24, 2.45) is 0 Å². The summed E-state index contributed by atoms with van der Waals surface area (Å²) in [5.41, 5.74) is 0.916. The lowest BCUT2D eigenvalue weighted by atomic mass is 10.1. The van der Waals surface area contributed by atoms with Crippen molar-refractivity contribution in [3.8, 4) is 11.6 Å². The number of likely N-dealkylation sites (tertiary alicyclic amines) is 1. The largest absolute Gasteiger partial charge is 0.484 e. The van der Waals surface area contributed by atoms with Crippen LogP contribution in [0, 0.1) is 0 Å². The maximum Gasteiger partial charge on any atom is 0.261 e. The molecule has 1 unspecified atom stereocenters. The fraction of sp³-hybridized carbons (Fsp3) is 0.318. The Labute approximate surface area is 164 Å². The van der Waals surface area contributed by atoms with E-state index in [0.717, 1.165) is 43.1 Å². The molecule has 1 aliphatic heterocycles. The molecule has 1 aliphatic rings. The van der Waals surface area contributed by atoms with Gasteiger partial charge < -0.3 is 9.64 Å². The molecular formula is C22H24N4O2. The van der Waals surface area contributed by atoms with Crippen molar-refractivity contribution >= 4 is 5.91 Å². The molecule has 3 aromatic rings. The number of nitrogens with zero attached hydrogens (tertiary/aromatic N) is 4. The zero-order valence-electron chi connectivity index (χ0n) is 16.0. The molecule has 6 nitrogen and oxygen atoms in total. The van der Waals surface area contributed by atoms with Crippen LogP contribution in [0.2, 0.25) is 0 Å². The monoisotopic (exact) mass is 376 g/mol. The molecule has 1 fully saturated rings. The lowest BCUT2D eigenvalue weighted by Crippen LogP contribution is -2.34. The van der Waals surface area contributed by atoms with E-state index >= 15 is 0 Å². The molecule has 3 heterocycles. The smallest absolute Gasteiger partial charge is 0.261 e. The molecule has 6 heteroatoms. The second-order valence-electron chi connectivity index (χ2n) is 6.83. The maximum absolute atomic E-state index is 12.8. The third kappa shape index (κ3) is 3.76. The van der Waals surface area contributed by atoms with Gasteiger partial charge in [0.2, 0.25) is 0 Å². The lowest BCUT2D eigenvalue weighted by molar-refractivity contribution is -0.134. The summed E-state index contributed by atoms with van der Waals surface area (Å²) in [7, 11) is 0. The first-order valence-electron chi connectivity index (χ1n) is 9.73. The van der Waals surface area contributed by atoms with Crippen molar-refractivity contribution < 1.29 is 9.53 Å². The van der Waals surface area contributed by atoms with Gasteiger partial charge in [-0.3, -0.25) is 9.36 Å². The van der Waals surface area contributed by atoms with Gasteiger partial charge in [-0.15, -0.1) is 0 Å². The Morgan fingerprint density at radius 2 is 2.04 bits per heavy atom. The van der Waals surface area contributed by atoms with Gasteiger partial charge >= 0.3 is 0 Å². The minimum Gasteiger partial charge on any atom is -0.484 e. The van der Waals surface area contributed by atoms with Crippen LogP contribution in [0.25, 0.3) is 5.82 Å². The number of pyridine rings is 1. The number of imidazole rings is 1. The summed E-state index contributed by atoms with van der Waals surface area (Å²) >= 11 is 0. The lowest BCUT2D eigenvalue weighted by Gasteiger charge is -2.24. The predicted octanol–water partition coefficient (Wildman–Crippen LogP) is 3.57. The van der Waals surface area contributed by atoms with Crippen LogP contribution in [0.3, 0.4) is 0 Å². The van der Waals surface area contributed by atoms with Crippen LogP contribution in [-0.4, -0.2) is 38.5 Å². The van der Waals surface area contributed by atoms with E-state index in [4.69, 9.17) is 9.72 Å². The van der Waals surface area contributed by atoms with Crippen molar-refractivity contribution in [3.05, 3.63) is 72.4 Å². The van der Waals surface area contributed by atoms with Crippen LogP contribution in [0.15, 0.2) is 60.9 Å². The number of aromatic nitrogens is 3. The van der Waals surface area contributed by atoms with Gasteiger partial charge in [0, 0.05) is 25.4 Å². The number of para-hydroxylation sites is 1. The molecule has 0 aliphatic carbocycles. The van der Waals surface area contributed by atoms with Gasteiger partial charge in [0.15, 0.2) is 6.61 Å². The zero-order valence-corrected chi connectivity index (χ0v) is 16.0. The number of hydrogen-bond acceptors (Lipinski definition) is 4. The van der Waals surface area contributed by atoms with E-state index in [2.05, 4.69) is 11.9 Å². The van der Waals surface area contributed by atoms with Gasteiger partial charge in [-0.2, -0.15) is 0 Å². The van der Waals surface area contributed by atoms with E-state index in [0.29, 0.717) is 5.75 Å². The third-order valence-electron chi connectivity index (χ3n) is 5.06. The molecule has 1 amide bonds. The number of carbonyl (C=O) groups excluding carboxylic acids is 1. The number of ether oxygens (including phenoxy) is 1. The first-order valence-corrected chi connectivity index (χ1v) is 9.73. The van der Waals surface area contributed by atoms with Crippen molar-refractivity contribution in [2.45, 2.75) is 32.2 Å². The Morgan fingerprint density at radius 1 is 1.18 bits per heavy atom. The second kappa shape index (κ2) is 8.25. The van der Waals surface area contributed by atoms with Crippen LogP contribution in [-0.2, 0) is 11.2 Å². The molecule has 1 saturated heterocycles. The molecule has 1 aromatic carbocycles. The first-order chi connectivity index (χ1) is 13.8. The van der Waals surface area contributed by atoms with Crippen molar-refractivity contribution in [3.63, 3.8) is 0 Å². The maximum atomic E-state index is 12.8. The fourth-order valence-corrected chi connectivity index (χ4v) is 3.68. The van der Waals surface area contributed by atoms with E-state index in [-0.39, 0.29) is 18.6 Å². The quantitative estimate of drug-likeness (QED) is 0.660. The molecule has 28 heavy (non-hydrogen) atoms. The van der Waals surface area contributed by atoms with Crippen LogP contribution in [0.1, 0.15) is 37.3 Å². The van der Waals surface area contributed by atoms with Gasteiger partial charge in [0.05, 0.1) is 11.7 Å². The number of rotatable bonds is 6. The topological polar surface area (TPSA) is 60.2 Å². The summed E-state index contributed by atoms with van der Waals surface area (Å²) in [4.78, 5) is 23.9. The SMILES string of the molecule is CCc1nccn1-c1cccc(C2CCCN2C(=O)COc2ccccc2)n1. The zero-order chi connectivity index (χ0) is 19.3. The first kappa shape index (κ1) is 18.2. The molecular weight excluding hydrogens is 352 g/mol. The summed E-state index contributed by atoms with van der Waals surface area (Å²) in [6.45, 7) is 2.85. The second-order valence-corrected chi connectivity index (χ2v) is 6.83. The highest BCUT2D eigenvalue weighted by Gasteiger charge is 2.31. The van der Waals surface area contributed by atoms with Gasteiger partial charge in [-0.25, -0.2) is 9.97 Å². The summed E-state index contributed by atoms with van der Waals surface area (Å²) < 4.78 is 7.66. The van der Waals surface area contributed by atoms with Crippen LogP contribution < -0.4 is 4.74 Å². The van der Waals surface area contributed by atoms with Gasteiger partial charge in [0.1, 0.15) is 17.4 Å². The van der Waals surface area contributed by atoms with Crippen LogP contribution in [0.4, 0.5) is 0 Å².